The minimum atomic E-state index is -3.43. The van der Waals surface area contributed by atoms with Crippen molar-refractivity contribution in [2.24, 2.45) is 0 Å². The topological polar surface area (TPSA) is 155 Å². The Kier molecular flexibility index (Phi) is 5.94. The maximum Gasteiger partial charge on any atom is 0.342 e. The van der Waals surface area contributed by atoms with Crippen LogP contribution < -0.4 is 10.0 Å². The van der Waals surface area contributed by atoms with Gasteiger partial charge in [0.2, 0.25) is 15.7 Å². The second-order valence-electron chi connectivity index (χ2n) is 7.99. The Morgan fingerprint density at radius 3 is 2.65 bits per heavy atom. The van der Waals surface area contributed by atoms with Crippen LogP contribution in [0.25, 0.3) is 11.1 Å². The minimum absolute atomic E-state index is 0.00309. The van der Waals surface area contributed by atoms with Crippen molar-refractivity contribution in [2.75, 3.05) is 22.9 Å². The number of furan rings is 1. The van der Waals surface area contributed by atoms with Crippen LogP contribution in [0, 0.1) is 6.92 Å². The first-order valence-electron chi connectivity index (χ1n) is 10.5. The molecule has 0 bridgehead atoms. The van der Waals surface area contributed by atoms with Gasteiger partial charge in [-0.25, -0.2) is 23.0 Å². The zero-order valence-corrected chi connectivity index (χ0v) is 19.9. The fraction of sp³-hybridized carbons (Fsp3) is 0.364. The summed E-state index contributed by atoms with van der Waals surface area (Å²) < 4.78 is 41.4. The van der Waals surface area contributed by atoms with Gasteiger partial charge in [0, 0.05) is 6.04 Å². The fourth-order valence-electron chi connectivity index (χ4n) is 4.15. The summed E-state index contributed by atoms with van der Waals surface area (Å²) in [5.74, 6) is -0.824. The molecule has 34 heavy (non-hydrogen) atoms. The molecular weight excluding hydrogens is 464 g/mol. The van der Waals surface area contributed by atoms with Crippen LogP contribution in [-0.4, -0.2) is 49.2 Å². The van der Waals surface area contributed by atoms with E-state index in [0.29, 0.717) is 17.9 Å². The van der Waals surface area contributed by atoms with Gasteiger partial charge in [0.1, 0.15) is 17.1 Å². The number of aromatic nitrogens is 2. The van der Waals surface area contributed by atoms with Crippen molar-refractivity contribution in [1.82, 2.24) is 9.97 Å². The SMILES string of the molecule is CCOC(=O)c1c(C)oc2nc(COC(=O)c3ccc4c(c3)CC(C)N4S(C)(=O)=O)nc(N)c12. The molecule has 1 unspecified atom stereocenters. The van der Waals surface area contributed by atoms with E-state index >= 15 is 0 Å². The molecule has 4 rings (SSSR count). The normalized spacial score (nSPS) is 15.4. The molecule has 0 amide bonds. The Morgan fingerprint density at radius 1 is 1.24 bits per heavy atom. The standard InChI is InChI=1S/C22H24N4O7S/c1-5-31-22(28)17-12(3)33-20-18(17)19(23)24-16(25-20)10-32-21(27)13-6-7-15-14(9-13)8-11(2)26(15)34(4,29)30/h6-7,9,11H,5,8,10H2,1-4H3,(H2,23,24,25). The molecule has 2 N–H and O–H groups in total. The first-order chi connectivity index (χ1) is 16.0. The maximum absolute atomic E-state index is 12.6. The molecule has 0 saturated carbocycles. The lowest BCUT2D eigenvalue weighted by atomic mass is 10.1. The van der Waals surface area contributed by atoms with Gasteiger partial charge in [0.15, 0.2) is 12.4 Å². The Labute approximate surface area is 195 Å². The van der Waals surface area contributed by atoms with Gasteiger partial charge in [-0.05, 0) is 51.0 Å². The molecule has 2 aromatic heterocycles. The fourth-order valence-corrected chi connectivity index (χ4v) is 5.41. The third-order valence-corrected chi connectivity index (χ3v) is 6.71. The predicted octanol–water partition coefficient (Wildman–Crippen LogP) is 2.36. The number of carbonyl (C=O) groups excluding carboxylic acids is 2. The molecule has 3 heterocycles. The maximum atomic E-state index is 12.6. The van der Waals surface area contributed by atoms with Crippen molar-refractivity contribution in [1.29, 1.82) is 0 Å². The number of anilines is 2. The highest BCUT2D eigenvalue weighted by atomic mass is 32.2. The molecule has 0 spiro atoms. The molecule has 180 valence electrons. The van der Waals surface area contributed by atoms with E-state index in [2.05, 4.69) is 9.97 Å². The number of nitrogens with zero attached hydrogens (tertiary/aromatic N) is 3. The number of sulfonamides is 1. The number of benzene rings is 1. The smallest absolute Gasteiger partial charge is 0.342 e. The molecule has 1 aliphatic heterocycles. The van der Waals surface area contributed by atoms with Gasteiger partial charge in [-0.15, -0.1) is 0 Å². The third-order valence-electron chi connectivity index (χ3n) is 5.44. The van der Waals surface area contributed by atoms with Crippen LogP contribution in [0.4, 0.5) is 11.5 Å². The van der Waals surface area contributed by atoms with Crippen molar-refractivity contribution in [2.45, 2.75) is 39.8 Å². The van der Waals surface area contributed by atoms with E-state index in [1.807, 2.05) is 0 Å². The first kappa shape index (κ1) is 23.5. The minimum Gasteiger partial charge on any atom is -0.462 e. The summed E-state index contributed by atoms with van der Waals surface area (Å²) in [6, 6.07) is 4.49. The number of nitrogen functional groups attached to an aromatic ring is 1. The lowest BCUT2D eigenvalue weighted by Crippen LogP contribution is -2.34. The molecule has 0 saturated heterocycles. The Balaban J connectivity index is 1.53. The van der Waals surface area contributed by atoms with Crippen molar-refractivity contribution >= 4 is 44.6 Å². The zero-order chi connectivity index (χ0) is 24.8. The van der Waals surface area contributed by atoms with Crippen LogP contribution in [0.2, 0.25) is 0 Å². The van der Waals surface area contributed by atoms with Crippen molar-refractivity contribution in [3.63, 3.8) is 0 Å². The van der Waals surface area contributed by atoms with Crippen molar-refractivity contribution < 1.29 is 31.9 Å². The lowest BCUT2D eigenvalue weighted by molar-refractivity contribution is 0.0461. The molecule has 0 fully saturated rings. The van der Waals surface area contributed by atoms with Gasteiger partial charge in [-0.2, -0.15) is 4.98 Å². The van der Waals surface area contributed by atoms with E-state index in [-0.39, 0.29) is 53.1 Å². The van der Waals surface area contributed by atoms with Crippen molar-refractivity contribution in [3.8, 4) is 0 Å². The largest absolute Gasteiger partial charge is 0.462 e. The molecule has 11 nitrogen and oxygen atoms in total. The molecule has 1 aliphatic rings. The van der Waals surface area contributed by atoms with Crippen LogP contribution in [0.15, 0.2) is 22.6 Å². The van der Waals surface area contributed by atoms with Crippen LogP contribution in [0.3, 0.4) is 0 Å². The molecule has 1 aromatic carbocycles. The summed E-state index contributed by atoms with van der Waals surface area (Å²) in [5, 5.41) is 0.245. The highest BCUT2D eigenvalue weighted by Crippen LogP contribution is 2.35. The average Bonchev–Trinajstić information content (AvgIpc) is 3.26. The number of rotatable bonds is 6. The number of esters is 2. The third kappa shape index (κ3) is 4.16. The van der Waals surface area contributed by atoms with Gasteiger partial charge in [0.05, 0.1) is 29.5 Å². The van der Waals surface area contributed by atoms with Gasteiger partial charge >= 0.3 is 11.9 Å². The molecular formula is C22H24N4O7S. The van der Waals surface area contributed by atoms with E-state index in [1.165, 1.54) is 10.4 Å². The van der Waals surface area contributed by atoms with Gasteiger partial charge in [-0.1, -0.05) is 0 Å². The summed E-state index contributed by atoms with van der Waals surface area (Å²) in [5.41, 5.74) is 7.85. The average molecular weight is 489 g/mol. The number of hydrogen-bond donors (Lipinski definition) is 1. The number of ether oxygens (including phenoxy) is 2. The highest BCUT2D eigenvalue weighted by Gasteiger charge is 2.33. The van der Waals surface area contributed by atoms with E-state index in [9.17, 15) is 18.0 Å². The molecule has 3 aromatic rings. The van der Waals surface area contributed by atoms with Crippen LogP contribution in [0.5, 0.6) is 0 Å². The molecule has 1 atom stereocenters. The monoisotopic (exact) mass is 488 g/mol. The van der Waals surface area contributed by atoms with E-state index in [4.69, 9.17) is 19.6 Å². The van der Waals surface area contributed by atoms with Crippen LogP contribution >= 0.6 is 0 Å². The van der Waals surface area contributed by atoms with Crippen LogP contribution in [-0.2, 0) is 32.5 Å². The summed E-state index contributed by atoms with van der Waals surface area (Å²) >= 11 is 0. The summed E-state index contributed by atoms with van der Waals surface area (Å²) in [4.78, 5) is 33.2. The van der Waals surface area contributed by atoms with Crippen molar-refractivity contribution in [3.05, 3.63) is 46.5 Å². The van der Waals surface area contributed by atoms with E-state index < -0.39 is 22.0 Å². The Morgan fingerprint density at radius 2 is 1.97 bits per heavy atom. The zero-order valence-electron chi connectivity index (χ0n) is 19.1. The lowest BCUT2D eigenvalue weighted by Gasteiger charge is -2.21. The predicted molar refractivity (Wildman–Crippen MR) is 123 cm³/mol. The second-order valence-corrected chi connectivity index (χ2v) is 9.85. The summed E-state index contributed by atoms with van der Waals surface area (Å²) in [6.07, 6.45) is 1.64. The van der Waals surface area contributed by atoms with E-state index in [1.54, 1.807) is 32.9 Å². The number of carbonyl (C=O) groups is 2. The second kappa shape index (κ2) is 8.60. The Hall–Kier alpha value is -3.67. The Bertz CT molecular complexity index is 1410. The molecule has 0 radical (unpaired) electrons. The van der Waals surface area contributed by atoms with Gasteiger partial charge in [-0.3, -0.25) is 4.31 Å². The number of aryl methyl sites for hydroxylation is 1. The number of nitrogens with two attached hydrogens (primary N) is 1. The van der Waals surface area contributed by atoms with Gasteiger partial charge in [0.25, 0.3) is 0 Å². The first-order valence-corrected chi connectivity index (χ1v) is 12.4. The summed E-state index contributed by atoms with van der Waals surface area (Å²) in [7, 11) is -3.43. The quantitative estimate of drug-likeness (QED) is 0.511. The van der Waals surface area contributed by atoms with Gasteiger partial charge < -0.3 is 19.6 Å². The summed E-state index contributed by atoms with van der Waals surface area (Å²) in [6.45, 7) is 4.99. The van der Waals surface area contributed by atoms with E-state index in [0.717, 1.165) is 11.8 Å². The molecule has 12 heteroatoms. The van der Waals surface area contributed by atoms with Crippen LogP contribution in [0.1, 0.15) is 51.7 Å². The number of fused-ring (bicyclic) bond motifs is 2. The number of hydrogen-bond acceptors (Lipinski definition) is 10. The highest BCUT2D eigenvalue weighted by molar-refractivity contribution is 7.92. The molecule has 0 aliphatic carbocycles.